The molecule has 28 heavy (non-hydrogen) atoms. The highest BCUT2D eigenvalue weighted by atomic mass is 19.4. The Bertz CT molecular complexity index is 792. The average Bonchev–Trinajstić information content (AvgIpc) is 2.65. The molecule has 150 valence electrons. The standard InChI is InChI=1S/C21H23F3N2O2/c1-15(10-11-16-6-3-2-4-7-16)25-19(27)12-13-20(28)26-18-9-5-8-17(14-18)21(22,23)24/h2-9,14-15H,10-13H2,1H3,(H,25,27)(H,26,28)/t15-/m1/s1. The smallest absolute Gasteiger partial charge is 0.354 e. The van der Waals surface area contributed by atoms with E-state index in [1.54, 1.807) is 0 Å². The fourth-order valence-electron chi connectivity index (χ4n) is 2.67. The Hall–Kier alpha value is -2.83. The highest BCUT2D eigenvalue weighted by Crippen LogP contribution is 2.30. The third-order valence-corrected chi connectivity index (χ3v) is 4.17. The molecule has 2 amide bonds. The molecule has 0 spiro atoms. The van der Waals surface area contributed by atoms with Gasteiger partial charge in [-0.2, -0.15) is 13.2 Å². The zero-order chi connectivity index (χ0) is 20.6. The number of nitrogens with one attached hydrogen (secondary N) is 2. The molecule has 0 saturated heterocycles. The predicted octanol–water partition coefficient (Wildman–Crippen LogP) is 4.56. The Kier molecular flexibility index (Phi) is 7.61. The van der Waals surface area contributed by atoms with Crippen molar-refractivity contribution in [3.05, 3.63) is 65.7 Å². The maximum Gasteiger partial charge on any atom is 0.416 e. The maximum absolute atomic E-state index is 12.7. The Balaban J connectivity index is 1.72. The van der Waals surface area contributed by atoms with Crippen LogP contribution in [0.2, 0.25) is 0 Å². The number of carbonyl (C=O) groups is 2. The highest BCUT2D eigenvalue weighted by molar-refractivity contribution is 5.93. The minimum Gasteiger partial charge on any atom is -0.354 e. The number of aryl methyl sites for hydroxylation is 1. The molecular weight excluding hydrogens is 369 g/mol. The third-order valence-electron chi connectivity index (χ3n) is 4.17. The topological polar surface area (TPSA) is 58.2 Å². The molecular formula is C21H23F3N2O2. The van der Waals surface area contributed by atoms with Crippen LogP contribution in [0.15, 0.2) is 54.6 Å². The lowest BCUT2D eigenvalue weighted by Crippen LogP contribution is -2.33. The first-order valence-electron chi connectivity index (χ1n) is 9.04. The van der Waals surface area contributed by atoms with Crippen molar-refractivity contribution in [2.75, 3.05) is 5.32 Å². The Morgan fingerprint density at radius 1 is 0.964 bits per heavy atom. The summed E-state index contributed by atoms with van der Waals surface area (Å²) in [7, 11) is 0. The van der Waals surface area contributed by atoms with E-state index < -0.39 is 17.6 Å². The molecule has 1 atom stereocenters. The van der Waals surface area contributed by atoms with Crippen molar-refractivity contribution in [1.82, 2.24) is 5.32 Å². The van der Waals surface area contributed by atoms with Gasteiger partial charge in [-0.3, -0.25) is 9.59 Å². The number of halogens is 3. The summed E-state index contributed by atoms with van der Waals surface area (Å²) in [5, 5.41) is 5.22. The van der Waals surface area contributed by atoms with E-state index in [1.807, 2.05) is 37.3 Å². The molecule has 2 aromatic carbocycles. The minimum absolute atomic E-state index is 0.0273. The van der Waals surface area contributed by atoms with Gasteiger partial charge in [0.2, 0.25) is 11.8 Å². The molecule has 0 heterocycles. The van der Waals surface area contributed by atoms with Gasteiger partial charge < -0.3 is 10.6 Å². The SMILES string of the molecule is C[C@H](CCc1ccccc1)NC(=O)CCC(=O)Nc1cccc(C(F)(F)F)c1. The Labute approximate surface area is 162 Å². The third kappa shape index (κ3) is 7.42. The number of rotatable bonds is 8. The lowest BCUT2D eigenvalue weighted by Gasteiger charge is -2.14. The van der Waals surface area contributed by atoms with E-state index in [9.17, 15) is 22.8 Å². The van der Waals surface area contributed by atoms with Gasteiger partial charge in [-0.05, 0) is 43.5 Å². The summed E-state index contributed by atoms with van der Waals surface area (Å²) in [6.45, 7) is 1.89. The Morgan fingerprint density at radius 3 is 2.32 bits per heavy atom. The van der Waals surface area contributed by atoms with E-state index in [-0.39, 0.29) is 30.5 Å². The van der Waals surface area contributed by atoms with Crippen LogP contribution in [0.5, 0.6) is 0 Å². The number of carbonyl (C=O) groups excluding carboxylic acids is 2. The second-order valence-corrected chi connectivity index (χ2v) is 6.62. The lowest BCUT2D eigenvalue weighted by molar-refractivity contribution is -0.137. The van der Waals surface area contributed by atoms with Crippen molar-refractivity contribution >= 4 is 17.5 Å². The van der Waals surface area contributed by atoms with Crippen LogP contribution in [0.25, 0.3) is 0 Å². The van der Waals surface area contributed by atoms with Crippen LogP contribution in [-0.2, 0) is 22.2 Å². The van der Waals surface area contributed by atoms with Gasteiger partial charge in [0.25, 0.3) is 0 Å². The first kappa shape index (κ1) is 21.5. The molecule has 0 saturated carbocycles. The van der Waals surface area contributed by atoms with E-state index in [2.05, 4.69) is 10.6 Å². The number of hydrogen-bond donors (Lipinski definition) is 2. The van der Waals surface area contributed by atoms with Crippen molar-refractivity contribution < 1.29 is 22.8 Å². The summed E-state index contributed by atoms with van der Waals surface area (Å²) in [5.41, 5.74) is 0.399. The average molecular weight is 392 g/mol. The predicted molar refractivity (Wildman–Crippen MR) is 102 cm³/mol. The summed E-state index contributed by atoms with van der Waals surface area (Å²) >= 11 is 0. The van der Waals surface area contributed by atoms with Crippen LogP contribution in [0.1, 0.15) is 37.3 Å². The van der Waals surface area contributed by atoms with E-state index in [0.717, 1.165) is 25.0 Å². The molecule has 0 aliphatic carbocycles. The first-order chi connectivity index (χ1) is 13.2. The van der Waals surface area contributed by atoms with Gasteiger partial charge in [0.05, 0.1) is 5.56 Å². The van der Waals surface area contributed by atoms with Crippen molar-refractivity contribution in [3.8, 4) is 0 Å². The molecule has 0 unspecified atom stereocenters. The van der Waals surface area contributed by atoms with Crippen LogP contribution in [0.4, 0.5) is 18.9 Å². The van der Waals surface area contributed by atoms with Crippen LogP contribution < -0.4 is 10.6 Å². The monoisotopic (exact) mass is 392 g/mol. The first-order valence-corrected chi connectivity index (χ1v) is 9.04. The highest BCUT2D eigenvalue weighted by Gasteiger charge is 2.30. The number of hydrogen-bond acceptors (Lipinski definition) is 2. The van der Waals surface area contributed by atoms with Crippen LogP contribution in [0.3, 0.4) is 0 Å². The van der Waals surface area contributed by atoms with Crippen molar-refractivity contribution in [2.24, 2.45) is 0 Å². The summed E-state index contributed by atoms with van der Waals surface area (Å²) in [4.78, 5) is 23.9. The molecule has 0 fully saturated rings. The Morgan fingerprint density at radius 2 is 1.64 bits per heavy atom. The van der Waals surface area contributed by atoms with E-state index >= 15 is 0 Å². The molecule has 0 aliphatic heterocycles. The lowest BCUT2D eigenvalue weighted by atomic mass is 10.1. The molecule has 0 bridgehead atoms. The fraction of sp³-hybridized carbons (Fsp3) is 0.333. The summed E-state index contributed by atoms with van der Waals surface area (Å²) in [6, 6.07) is 14.3. The van der Waals surface area contributed by atoms with Crippen LogP contribution in [-0.4, -0.2) is 17.9 Å². The fourth-order valence-corrected chi connectivity index (χ4v) is 2.67. The molecule has 4 nitrogen and oxygen atoms in total. The van der Waals surface area contributed by atoms with Gasteiger partial charge in [-0.15, -0.1) is 0 Å². The number of amides is 2. The van der Waals surface area contributed by atoms with Crippen molar-refractivity contribution in [2.45, 2.75) is 44.8 Å². The van der Waals surface area contributed by atoms with E-state index in [4.69, 9.17) is 0 Å². The molecule has 2 aromatic rings. The second kappa shape index (κ2) is 9.92. The van der Waals surface area contributed by atoms with Gasteiger partial charge in [0.1, 0.15) is 0 Å². The van der Waals surface area contributed by atoms with Gasteiger partial charge >= 0.3 is 6.18 Å². The zero-order valence-electron chi connectivity index (χ0n) is 15.6. The maximum atomic E-state index is 12.7. The minimum atomic E-state index is -4.48. The molecule has 2 rings (SSSR count). The largest absolute Gasteiger partial charge is 0.416 e. The molecule has 7 heteroatoms. The van der Waals surface area contributed by atoms with Gasteiger partial charge in [-0.25, -0.2) is 0 Å². The molecule has 0 radical (unpaired) electrons. The molecule has 0 aromatic heterocycles. The quantitative estimate of drug-likeness (QED) is 0.692. The normalized spacial score (nSPS) is 12.3. The summed E-state index contributed by atoms with van der Waals surface area (Å²) in [6.07, 6.45) is -3.00. The van der Waals surface area contributed by atoms with Gasteiger partial charge in [0, 0.05) is 24.6 Å². The van der Waals surface area contributed by atoms with E-state index in [0.29, 0.717) is 0 Å². The summed E-state index contributed by atoms with van der Waals surface area (Å²) < 4.78 is 38.1. The number of alkyl halides is 3. The number of benzene rings is 2. The van der Waals surface area contributed by atoms with E-state index in [1.165, 1.54) is 17.7 Å². The number of anilines is 1. The molecule has 0 aliphatic rings. The van der Waals surface area contributed by atoms with Crippen LogP contribution in [0, 0.1) is 0 Å². The second-order valence-electron chi connectivity index (χ2n) is 6.62. The van der Waals surface area contributed by atoms with Gasteiger partial charge in [0.15, 0.2) is 0 Å². The van der Waals surface area contributed by atoms with Gasteiger partial charge in [-0.1, -0.05) is 36.4 Å². The van der Waals surface area contributed by atoms with Crippen molar-refractivity contribution in [1.29, 1.82) is 0 Å². The zero-order valence-corrected chi connectivity index (χ0v) is 15.6. The van der Waals surface area contributed by atoms with Crippen molar-refractivity contribution in [3.63, 3.8) is 0 Å². The molecule has 2 N–H and O–H groups in total. The summed E-state index contributed by atoms with van der Waals surface area (Å²) in [5.74, 6) is -0.772. The van der Waals surface area contributed by atoms with Crippen LogP contribution >= 0.6 is 0 Å².